The number of nitrogens with one attached hydrogen (secondary N) is 2. The van der Waals surface area contributed by atoms with Gasteiger partial charge in [0.2, 0.25) is 15.9 Å². The first-order valence-electron chi connectivity index (χ1n) is 6.31. The highest BCUT2D eigenvalue weighted by Gasteiger charge is 2.21. The van der Waals surface area contributed by atoms with Crippen LogP contribution in [0.25, 0.3) is 0 Å². The molecule has 1 aromatic carbocycles. The lowest BCUT2D eigenvalue weighted by Gasteiger charge is -2.14. The number of carbonyl (C=O) groups excluding carboxylic acids is 1. The number of hydrogen-bond donors (Lipinski definition) is 2. The molecule has 2 N–H and O–H groups in total. The van der Waals surface area contributed by atoms with Crippen LogP contribution in [0.1, 0.15) is 12.6 Å². The van der Waals surface area contributed by atoms with Crippen LogP contribution in [0, 0.1) is 0 Å². The summed E-state index contributed by atoms with van der Waals surface area (Å²) in [5.41, 5.74) is 2.39. The van der Waals surface area contributed by atoms with Gasteiger partial charge in [0.1, 0.15) is 0 Å². The number of benzene rings is 1. The molecule has 1 aromatic heterocycles. The molecule has 0 radical (unpaired) electrons. The average molecular weight is 360 g/mol. The van der Waals surface area contributed by atoms with Crippen molar-refractivity contribution in [3.8, 4) is 0 Å². The Hall–Kier alpha value is -1.48. The maximum atomic E-state index is 12.1. The van der Waals surface area contributed by atoms with E-state index in [1.807, 2.05) is 5.38 Å². The van der Waals surface area contributed by atoms with Gasteiger partial charge in [-0.3, -0.25) is 4.79 Å². The summed E-state index contributed by atoms with van der Waals surface area (Å²) in [5.74, 6) is -0.425. The van der Waals surface area contributed by atoms with Gasteiger partial charge in [-0.15, -0.1) is 11.3 Å². The first-order valence-corrected chi connectivity index (χ1v) is 9.11. The second-order valence-corrected chi connectivity index (χ2v) is 7.36. The average Bonchev–Trinajstić information content (AvgIpc) is 2.98. The Morgan fingerprint density at radius 2 is 2.05 bits per heavy atom. The van der Waals surface area contributed by atoms with E-state index in [1.54, 1.807) is 5.51 Å². The number of aromatic nitrogens is 1. The molecule has 22 heavy (non-hydrogen) atoms. The van der Waals surface area contributed by atoms with Crippen molar-refractivity contribution in [2.24, 2.45) is 0 Å². The fourth-order valence-corrected chi connectivity index (χ4v) is 3.51. The molecule has 0 aliphatic rings. The van der Waals surface area contributed by atoms with Crippen LogP contribution in [0.2, 0.25) is 5.02 Å². The third-order valence-corrected chi connectivity index (χ3v) is 5.22. The topological polar surface area (TPSA) is 88.2 Å². The number of nitrogens with zero attached hydrogens (tertiary/aromatic N) is 1. The van der Waals surface area contributed by atoms with E-state index in [-0.39, 0.29) is 11.4 Å². The van der Waals surface area contributed by atoms with Gasteiger partial charge in [0, 0.05) is 10.4 Å². The predicted octanol–water partition coefficient (Wildman–Crippen LogP) is 1.78. The quantitative estimate of drug-likeness (QED) is 0.822. The van der Waals surface area contributed by atoms with Crippen LogP contribution in [-0.4, -0.2) is 25.4 Å². The molecule has 1 amide bonds. The standard InChI is InChI=1S/C13H14ClN3O3S2/c1-9(13(18)15-6-11-7-21-8-16-11)17-22(19,20)12-4-2-10(14)3-5-12/h2-5,7-9,17H,6H2,1H3,(H,15,18)/t9-/m0/s1. The molecule has 1 heterocycles. The van der Waals surface area contributed by atoms with Gasteiger partial charge in [0.05, 0.1) is 28.7 Å². The largest absolute Gasteiger partial charge is 0.349 e. The van der Waals surface area contributed by atoms with Crippen molar-refractivity contribution in [2.75, 3.05) is 0 Å². The van der Waals surface area contributed by atoms with Gasteiger partial charge in [0.25, 0.3) is 0 Å². The minimum absolute atomic E-state index is 0.0519. The highest BCUT2D eigenvalue weighted by atomic mass is 35.5. The van der Waals surface area contributed by atoms with Crippen LogP contribution in [0.3, 0.4) is 0 Å². The van der Waals surface area contributed by atoms with Gasteiger partial charge in [-0.1, -0.05) is 11.6 Å². The van der Waals surface area contributed by atoms with Crippen molar-refractivity contribution < 1.29 is 13.2 Å². The lowest BCUT2D eigenvalue weighted by atomic mass is 10.3. The van der Waals surface area contributed by atoms with Crippen molar-refractivity contribution >= 4 is 38.9 Å². The fraction of sp³-hybridized carbons (Fsp3) is 0.231. The van der Waals surface area contributed by atoms with E-state index < -0.39 is 22.0 Å². The highest BCUT2D eigenvalue weighted by Crippen LogP contribution is 2.14. The molecule has 0 aliphatic heterocycles. The van der Waals surface area contributed by atoms with Crippen molar-refractivity contribution in [2.45, 2.75) is 24.4 Å². The second kappa shape index (κ2) is 7.19. The maximum Gasteiger partial charge on any atom is 0.241 e. The molecule has 6 nitrogen and oxygen atoms in total. The normalized spacial score (nSPS) is 12.8. The summed E-state index contributed by atoms with van der Waals surface area (Å²) >= 11 is 7.15. The van der Waals surface area contributed by atoms with E-state index in [9.17, 15) is 13.2 Å². The molecule has 0 saturated carbocycles. The van der Waals surface area contributed by atoms with Gasteiger partial charge in [0.15, 0.2) is 0 Å². The molecule has 0 spiro atoms. The maximum absolute atomic E-state index is 12.1. The number of thiazole rings is 1. The number of sulfonamides is 1. The zero-order valence-electron chi connectivity index (χ0n) is 11.6. The first-order chi connectivity index (χ1) is 10.4. The Morgan fingerprint density at radius 1 is 1.36 bits per heavy atom. The molecule has 118 valence electrons. The zero-order chi connectivity index (χ0) is 16.2. The third-order valence-electron chi connectivity index (χ3n) is 2.78. The van der Waals surface area contributed by atoms with Crippen molar-refractivity contribution in [1.82, 2.24) is 15.0 Å². The molecular formula is C13H14ClN3O3S2. The van der Waals surface area contributed by atoms with E-state index in [1.165, 1.54) is 42.5 Å². The van der Waals surface area contributed by atoms with Gasteiger partial charge >= 0.3 is 0 Å². The molecule has 0 fully saturated rings. The highest BCUT2D eigenvalue weighted by molar-refractivity contribution is 7.89. The fourth-order valence-electron chi connectivity index (χ4n) is 1.62. The van der Waals surface area contributed by atoms with E-state index in [2.05, 4.69) is 15.0 Å². The van der Waals surface area contributed by atoms with Crippen LogP contribution >= 0.6 is 22.9 Å². The molecule has 0 saturated heterocycles. The van der Waals surface area contributed by atoms with Crippen LogP contribution in [-0.2, 0) is 21.4 Å². The molecule has 1 atom stereocenters. The molecule has 0 bridgehead atoms. The van der Waals surface area contributed by atoms with Crippen molar-refractivity contribution in [1.29, 1.82) is 0 Å². The van der Waals surface area contributed by atoms with Gasteiger partial charge < -0.3 is 5.32 Å². The van der Waals surface area contributed by atoms with E-state index in [0.29, 0.717) is 5.02 Å². The van der Waals surface area contributed by atoms with E-state index in [4.69, 9.17) is 11.6 Å². The Bertz CT molecular complexity index is 730. The minimum Gasteiger partial charge on any atom is -0.349 e. The van der Waals surface area contributed by atoms with E-state index >= 15 is 0 Å². The summed E-state index contributed by atoms with van der Waals surface area (Å²) in [6, 6.07) is 4.81. The smallest absolute Gasteiger partial charge is 0.241 e. The molecular weight excluding hydrogens is 346 g/mol. The van der Waals surface area contributed by atoms with Crippen LogP contribution in [0.4, 0.5) is 0 Å². The Balaban J connectivity index is 1.96. The third kappa shape index (κ3) is 4.51. The molecule has 2 rings (SSSR count). The van der Waals surface area contributed by atoms with Gasteiger partial charge in [-0.2, -0.15) is 4.72 Å². The first kappa shape index (κ1) is 16.9. The number of halogens is 1. The molecule has 0 unspecified atom stereocenters. The lowest BCUT2D eigenvalue weighted by molar-refractivity contribution is -0.122. The van der Waals surface area contributed by atoms with Crippen LogP contribution in [0.15, 0.2) is 40.1 Å². The summed E-state index contributed by atoms with van der Waals surface area (Å²) in [6.45, 7) is 1.74. The van der Waals surface area contributed by atoms with Gasteiger partial charge in [-0.25, -0.2) is 13.4 Å². The number of hydrogen-bond acceptors (Lipinski definition) is 5. The molecule has 9 heteroatoms. The van der Waals surface area contributed by atoms with Crippen LogP contribution in [0.5, 0.6) is 0 Å². The van der Waals surface area contributed by atoms with Gasteiger partial charge in [-0.05, 0) is 31.2 Å². The number of carbonyl (C=O) groups is 1. The number of amides is 1. The monoisotopic (exact) mass is 359 g/mol. The van der Waals surface area contributed by atoms with Crippen LogP contribution < -0.4 is 10.0 Å². The second-order valence-electron chi connectivity index (χ2n) is 4.49. The Morgan fingerprint density at radius 3 is 2.64 bits per heavy atom. The summed E-state index contributed by atoms with van der Waals surface area (Å²) in [6.07, 6.45) is 0. The summed E-state index contributed by atoms with van der Waals surface area (Å²) in [4.78, 5) is 16.0. The Labute approximate surface area is 137 Å². The summed E-state index contributed by atoms with van der Waals surface area (Å²) < 4.78 is 26.6. The molecule has 0 aliphatic carbocycles. The lowest BCUT2D eigenvalue weighted by Crippen LogP contribution is -2.44. The summed E-state index contributed by atoms with van der Waals surface area (Å²) in [5, 5.41) is 4.87. The zero-order valence-corrected chi connectivity index (χ0v) is 14.0. The van der Waals surface area contributed by atoms with Crippen molar-refractivity contribution in [3.63, 3.8) is 0 Å². The number of rotatable bonds is 6. The van der Waals surface area contributed by atoms with Crippen molar-refractivity contribution in [3.05, 3.63) is 45.9 Å². The minimum atomic E-state index is -3.78. The Kier molecular flexibility index (Phi) is 5.52. The SMILES string of the molecule is C[C@H](NS(=O)(=O)c1ccc(Cl)cc1)C(=O)NCc1cscn1. The molecule has 2 aromatic rings. The summed E-state index contributed by atoms with van der Waals surface area (Å²) in [7, 11) is -3.78. The van der Waals surface area contributed by atoms with E-state index in [0.717, 1.165) is 5.69 Å². The predicted molar refractivity (Wildman–Crippen MR) is 85.2 cm³/mol.